The number of benzene rings is 1. The van der Waals surface area contributed by atoms with Gasteiger partial charge in [0.2, 0.25) is 0 Å². The Bertz CT molecular complexity index is 666. The van der Waals surface area contributed by atoms with Crippen molar-refractivity contribution in [2.45, 2.75) is 32.2 Å². The molecule has 2 rings (SSSR count). The number of nitrogen functional groups attached to an aromatic ring is 1. The highest BCUT2D eigenvalue weighted by Gasteiger charge is 2.20. The smallest absolute Gasteiger partial charge is 0.270 e. The summed E-state index contributed by atoms with van der Waals surface area (Å²) >= 11 is 0. The van der Waals surface area contributed by atoms with Gasteiger partial charge in [-0.05, 0) is 50.2 Å². The van der Waals surface area contributed by atoms with Crippen LogP contribution in [0.25, 0.3) is 0 Å². The number of amides is 1. The number of carbonyl (C=O) groups excluding carboxylic acids is 1. The van der Waals surface area contributed by atoms with Crippen molar-refractivity contribution in [2.24, 2.45) is 5.73 Å². The summed E-state index contributed by atoms with van der Waals surface area (Å²) < 4.78 is 5.41. The Balaban J connectivity index is 2.16. The minimum Gasteiger partial charge on any atom is -0.496 e. The van der Waals surface area contributed by atoms with Crippen molar-refractivity contribution >= 4 is 17.8 Å². The Kier molecular flexibility index (Phi) is 8.13. The van der Waals surface area contributed by atoms with E-state index in [1.54, 1.807) is 24.1 Å². The molecule has 1 heterocycles. The van der Waals surface area contributed by atoms with Gasteiger partial charge < -0.3 is 31.4 Å². The van der Waals surface area contributed by atoms with Crippen LogP contribution < -0.4 is 16.2 Å². The molecule has 0 unspecified atom stereocenters. The molecule has 0 spiro atoms. The molecule has 5 N–H and O–H groups in total. The molecular formula is C20H31N5O2. The van der Waals surface area contributed by atoms with E-state index in [4.69, 9.17) is 21.6 Å². The summed E-state index contributed by atoms with van der Waals surface area (Å²) in [5, 5.41) is 7.17. The van der Waals surface area contributed by atoms with E-state index in [-0.39, 0.29) is 11.6 Å². The molecular weight excluding hydrogens is 342 g/mol. The fourth-order valence-corrected chi connectivity index (χ4v) is 3.35. The molecule has 27 heavy (non-hydrogen) atoms. The van der Waals surface area contributed by atoms with Gasteiger partial charge in [-0.3, -0.25) is 4.79 Å². The number of nitrogens with zero attached hydrogens (tertiary/aromatic N) is 2. The topological polar surface area (TPSA) is 109 Å². The molecule has 1 aromatic rings. The zero-order valence-electron chi connectivity index (χ0n) is 16.1. The summed E-state index contributed by atoms with van der Waals surface area (Å²) in [7, 11) is 1.60. The number of anilines is 1. The first-order chi connectivity index (χ1) is 13.0. The van der Waals surface area contributed by atoms with Crippen LogP contribution in [0.15, 0.2) is 30.0 Å². The third kappa shape index (κ3) is 6.29. The summed E-state index contributed by atoms with van der Waals surface area (Å²) in [5.74, 6) is 0.407. The van der Waals surface area contributed by atoms with Crippen LogP contribution in [0, 0.1) is 5.41 Å². The first-order valence-electron chi connectivity index (χ1n) is 9.45. The number of hydrogen-bond donors (Lipinski definition) is 3. The lowest BCUT2D eigenvalue weighted by atomic mass is 10.1. The molecule has 1 amide bonds. The fraction of sp³-hybridized carbons (Fsp3) is 0.500. The van der Waals surface area contributed by atoms with Crippen molar-refractivity contribution < 1.29 is 9.53 Å². The quantitative estimate of drug-likeness (QED) is 0.367. The van der Waals surface area contributed by atoms with Crippen LogP contribution >= 0.6 is 0 Å². The molecule has 1 saturated heterocycles. The molecule has 1 aromatic carbocycles. The van der Waals surface area contributed by atoms with Crippen LogP contribution in [-0.2, 0) is 11.3 Å². The van der Waals surface area contributed by atoms with Gasteiger partial charge in [-0.25, -0.2) is 0 Å². The van der Waals surface area contributed by atoms with Gasteiger partial charge >= 0.3 is 0 Å². The van der Waals surface area contributed by atoms with Gasteiger partial charge in [-0.15, -0.1) is 0 Å². The summed E-state index contributed by atoms with van der Waals surface area (Å²) in [5.41, 5.74) is 13.3. The highest BCUT2D eigenvalue weighted by atomic mass is 16.5. The minimum atomic E-state index is -0.280. The maximum atomic E-state index is 12.8. The number of nitrogens with one attached hydrogen (secondary N) is 1. The van der Waals surface area contributed by atoms with E-state index < -0.39 is 0 Å². The van der Waals surface area contributed by atoms with E-state index in [0.717, 1.165) is 31.4 Å². The Labute approximate surface area is 161 Å². The van der Waals surface area contributed by atoms with Crippen molar-refractivity contribution in [3.63, 3.8) is 0 Å². The van der Waals surface area contributed by atoms with Crippen LogP contribution in [-0.4, -0.2) is 55.2 Å². The van der Waals surface area contributed by atoms with Crippen LogP contribution in [0.3, 0.4) is 0 Å². The van der Waals surface area contributed by atoms with E-state index in [0.29, 0.717) is 24.5 Å². The summed E-state index contributed by atoms with van der Waals surface area (Å²) in [6, 6.07) is 5.40. The molecule has 1 aliphatic rings. The highest BCUT2D eigenvalue weighted by Crippen LogP contribution is 2.23. The van der Waals surface area contributed by atoms with Gasteiger partial charge in [0.05, 0.1) is 12.8 Å². The SMILES string of the molecule is COc1ccc(N)cc1CN(CCN1CCCCCC1)C(=O)/C(N)=C/C=N. The van der Waals surface area contributed by atoms with Gasteiger partial charge in [0.25, 0.3) is 5.91 Å². The Hall–Kier alpha value is -2.54. The second-order valence-electron chi connectivity index (χ2n) is 6.84. The second-order valence-corrected chi connectivity index (χ2v) is 6.84. The van der Waals surface area contributed by atoms with Crippen molar-refractivity contribution in [1.29, 1.82) is 5.41 Å². The van der Waals surface area contributed by atoms with E-state index in [9.17, 15) is 4.79 Å². The van der Waals surface area contributed by atoms with Crippen molar-refractivity contribution in [1.82, 2.24) is 9.80 Å². The van der Waals surface area contributed by atoms with Gasteiger partial charge in [-0.1, -0.05) is 12.8 Å². The number of allylic oxidation sites excluding steroid dienone is 1. The Morgan fingerprint density at radius 3 is 2.63 bits per heavy atom. The number of rotatable bonds is 8. The molecule has 0 radical (unpaired) electrons. The van der Waals surface area contributed by atoms with E-state index in [2.05, 4.69) is 4.90 Å². The molecule has 1 aliphatic heterocycles. The molecule has 1 fully saturated rings. The monoisotopic (exact) mass is 373 g/mol. The standard InChI is InChI=1S/C20H31N5O2/c1-27-19-7-6-17(22)14-16(19)15-25(20(26)18(23)8-9-21)13-12-24-10-4-2-3-5-11-24/h6-9,14,21H,2-5,10-13,15,22-23H2,1H3/b18-8-,21-9?. The molecule has 0 saturated carbocycles. The molecule has 0 bridgehead atoms. The first-order valence-corrected chi connectivity index (χ1v) is 9.45. The number of hydrogen-bond acceptors (Lipinski definition) is 6. The van der Waals surface area contributed by atoms with Gasteiger partial charge in [0.1, 0.15) is 5.75 Å². The van der Waals surface area contributed by atoms with Gasteiger partial charge in [0.15, 0.2) is 0 Å². The number of nitrogens with two attached hydrogens (primary N) is 2. The number of methoxy groups -OCH3 is 1. The zero-order valence-corrected chi connectivity index (χ0v) is 16.1. The van der Waals surface area contributed by atoms with E-state index >= 15 is 0 Å². The second kappa shape index (κ2) is 10.6. The predicted molar refractivity (Wildman–Crippen MR) is 109 cm³/mol. The van der Waals surface area contributed by atoms with Crippen LogP contribution in [0.2, 0.25) is 0 Å². The molecule has 7 heteroatoms. The summed E-state index contributed by atoms with van der Waals surface area (Å²) in [4.78, 5) is 16.9. The molecule has 148 valence electrons. The van der Waals surface area contributed by atoms with E-state index in [1.807, 2.05) is 6.07 Å². The Morgan fingerprint density at radius 1 is 1.30 bits per heavy atom. The minimum absolute atomic E-state index is 0.0590. The third-order valence-corrected chi connectivity index (χ3v) is 4.85. The fourth-order valence-electron chi connectivity index (χ4n) is 3.35. The number of likely N-dealkylation sites (tertiary alicyclic amines) is 1. The van der Waals surface area contributed by atoms with Gasteiger partial charge in [-0.2, -0.15) is 0 Å². The number of ether oxygens (including phenoxy) is 1. The summed E-state index contributed by atoms with van der Waals surface area (Å²) in [6.45, 7) is 3.84. The average molecular weight is 374 g/mol. The lowest BCUT2D eigenvalue weighted by Gasteiger charge is -2.28. The Morgan fingerprint density at radius 2 is 2.00 bits per heavy atom. The van der Waals surface area contributed by atoms with Crippen molar-refractivity contribution in [2.75, 3.05) is 39.0 Å². The first kappa shape index (κ1) is 20.8. The largest absolute Gasteiger partial charge is 0.496 e. The van der Waals surface area contributed by atoms with Crippen LogP contribution in [0.4, 0.5) is 5.69 Å². The predicted octanol–water partition coefficient (Wildman–Crippen LogP) is 1.97. The highest BCUT2D eigenvalue weighted by molar-refractivity contribution is 5.96. The average Bonchev–Trinajstić information content (AvgIpc) is 2.93. The van der Waals surface area contributed by atoms with Crippen LogP contribution in [0.5, 0.6) is 5.75 Å². The number of carbonyl (C=O) groups is 1. The zero-order chi connectivity index (χ0) is 19.6. The van der Waals surface area contributed by atoms with Crippen molar-refractivity contribution in [3.8, 4) is 5.75 Å². The third-order valence-electron chi connectivity index (χ3n) is 4.85. The lowest BCUT2D eigenvalue weighted by Crippen LogP contribution is -2.40. The molecule has 7 nitrogen and oxygen atoms in total. The molecule has 0 aromatic heterocycles. The van der Waals surface area contributed by atoms with Crippen LogP contribution in [0.1, 0.15) is 31.2 Å². The van der Waals surface area contributed by atoms with Crippen molar-refractivity contribution in [3.05, 3.63) is 35.5 Å². The van der Waals surface area contributed by atoms with E-state index in [1.165, 1.54) is 31.8 Å². The normalized spacial score (nSPS) is 15.8. The lowest BCUT2D eigenvalue weighted by molar-refractivity contribution is -0.128. The van der Waals surface area contributed by atoms with Gasteiger partial charge in [0, 0.05) is 37.1 Å². The molecule has 0 atom stereocenters. The maximum absolute atomic E-state index is 12.8. The summed E-state index contributed by atoms with van der Waals surface area (Å²) in [6.07, 6.45) is 7.29. The maximum Gasteiger partial charge on any atom is 0.270 e. The molecule has 0 aliphatic carbocycles.